The molecule has 5 heteroatoms. The van der Waals surface area contributed by atoms with E-state index in [-0.39, 0.29) is 69.5 Å². The van der Waals surface area contributed by atoms with Gasteiger partial charge in [-0.25, -0.2) is 0 Å². The average molecular weight is 358 g/mol. The number of halogens is 3. The van der Waals surface area contributed by atoms with E-state index in [4.69, 9.17) is 0 Å². The summed E-state index contributed by atoms with van der Waals surface area (Å²) in [7, 11) is 0. The largest absolute Gasteiger partial charge is 3.00 e. The second-order valence-corrected chi connectivity index (χ2v) is 3.15. The van der Waals surface area contributed by atoms with Crippen LogP contribution >= 0.6 is 0 Å². The molecule has 0 fully saturated rings. The van der Waals surface area contributed by atoms with Gasteiger partial charge in [0.15, 0.2) is 0 Å². The van der Waals surface area contributed by atoms with Crippen molar-refractivity contribution in [3.05, 3.63) is 47.6 Å². The molecule has 16 heavy (non-hydrogen) atoms. The number of hydrogen-bond acceptors (Lipinski definition) is 1. The van der Waals surface area contributed by atoms with Gasteiger partial charge < -0.3 is 42.3 Å². The first kappa shape index (κ1) is 21.9. The summed E-state index contributed by atoms with van der Waals surface area (Å²) in [5.74, 6) is 0. The van der Waals surface area contributed by atoms with E-state index in [0.717, 1.165) is 24.0 Å². The zero-order valence-electron chi connectivity index (χ0n) is 8.54. The normalized spacial score (nSPS) is 15.4. The van der Waals surface area contributed by atoms with Gasteiger partial charge in [0.05, 0.1) is 6.10 Å². The Morgan fingerprint density at radius 2 is 1.25 bits per heavy atom. The van der Waals surface area contributed by atoms with Crippen LogP contribution < -0.4 is 37.2 Å². The van der Waals surface area contributed by atoms with Crippen molar-refractivity contribution in [3.63, 3.8) is 0 Å². The molecule has 0 aromatic heterocycles. The van der Waals surface area contributed by atoms with Crippen LogP contribution in [0.5, 0.6) is 0 Å². The van der Waals surface area contributed by atoms with Gasteiger partial charge in [0, 0.05) is 0 Å². The van der Waals surface area contributed by atoms with Crippen LogP contribution in [0.15, 0.2) is 47.6 Å². The predicted octanol–water partition coefficient (Wildman–Crippen LogP) is -6.87. The first-order valence-corrected chi connectivity index (χ1v) is 4.27. The van der Waals surface area contributed by atoms with Crippen molar-refractivity contribution in [3.8, 4) is 0 Å². The maximum atomic E-state index is 9.83. The maximum absolute atomic E-state index is 9.83. The summed E-state index contributed by atoms with van der Waals surface area (Å²) in [6.45, 7) is 0. The van der Waals surface area contributed by atoms with E-state index in [1.54, 1.807) is 0 Å². The quantitative estimate of drug-likeness (QED) is 0.521. The third-order valence-corrected chi connectivity index (χ3v) is 2.30. The molecule has 2 aliphatic rings. The molecule has 0 aliphatic heterocycles. The second kappa shape index (κ2) is 10.8. The van der Waals surface area contributed by atoms with Gasteiger partial charge in [0.2, 0.25) is 0 Å². The van der Waals surface area contributed by atoms with Crippen LogP contribution in [0.3, 0.4) is 0 Å². The van der Waals surface area contributed by atoms with Crippen LogP contribution in [0.4, 0.5) is 0 Å². The number of aliphatic hydroxyl groups excluding tert-OH is 1. The molecule has 0 aromatic rings. The van der Waals surface area contributed by atoms with Crippen molar-refractivity contribution < 1.29 is 68.5 Å². The fourth-order valence-electron chi connectivity index (χ4n) is 1.57. The van der Waals surface area contributed by atoms with Crippen LogP contribution in [0, 0.1) is 0 Å². The summed E-state index contributed by atoms with van der Waals surface area (Å²) in [6, 6.07) is 0. The minimum atomic E-state index is -0.352. The van der Waals surface area contributed by atoms with E-state index in [0.29, 0.717) is 0 Å². The molecular formula is C11H12Cl3OZr. The number of rotatable bonds is 2. The number of aliphatic hydroxyl groups is 1. The number of hydrogen-bond donors (Lipinski definition) is 1. The third kappa shape index (κ3) is 5.34. The molecule has 1 N–H and O–H groups in total. The Hall–Kier alpha value is 0.673. The molecular weight excluding hydrogens is 346 g/mol. The van der Waals surface area contributed by atoms with Gasteiger partial charge in [0.25, 0.3) is 0 Å². The van der Waals surface area contributed by atoms with Crippen LogP contribution in [0.2, 0.25) is 0 Å². The molecule has 0 unspecified atom stereocenters. The first-order chi connectivity index (χ1) is 5.88. The Morgan fingerprint density at radius 3 is 1.50 bits per heavy atom. The molecule has 0 aromatic carbocycles. The molecule has 0 saturated carbocycles. The number of allylic oxidation sites excluding steroid dienone is 6. The van der Waals surface area contributed by atoms with Gasteiger partial charge in [0.1, 0.15) is 0 Å². The molecule has 0 saturated heterocycles. The summed E-state index contributed by atoms with van der Waals surface area (Å²) >= 11 is 0. The average Bonchev–Trinajstić information content (AvgIpc) is 2.77. The summed E-state index contributed by atoms with van der Waals surface area (Å²) in [4.78, 5) is 0. The Balaban J connectivity index is -0.000000422. The van der Waals surface area contributed by atoms with E-state index >= 15 is 0 Å². The van der Waals surface area contributed by atoms with Gasteiger partial charge >= 0.3 is 26.2 Å². The summed E-state index contributed by atoms with van der Waals surface area (Å²) < 4.78 is 0. The van der Waals surface area contributed by atoms with Gasteiger partial charge in [-0.1, -0.05) is 36.5 Å². The molecule has 0 spiro atoms. The van der Waals surface area contributed by atoms with Crippen LogP contribution in [0.25, 0.3) is 0 Å². The van der Waals surface area contributed by atoms with Crippen molar-refractivity contribution in [1.82, 2.24) is 0 Å². The minimum Gasteiger partial charge on any atom is -1.00 e. The Bertz CT molecular complexity index is 278. The topological polar surface area (TPSA) is 20.2 Å². The molecule has 1 nitrogen and oxygen atoms in total. The van der Waals surface area contributed by atoms with Crippen LogP contribution in [-0.2, 0) is 26.2 Å². The zero-order chi connectivity index (χ0) is 8.39. The van der Waals surface area contributed by atoms with E-state index in [9.17, 15) is 5.11 Å². The first-order valence-electron chi connectivity index (χ1n) is 4.27. The van der Waals surface area contributed by atoms with E-state index in [1.807, 2.05) is 24.3 Å². The molecule has 87 valence electrons. The summed E-state index contributed by atoms with van der Waals surface area (Å²) in [6.07, 6.45) is 13.6. The van der Waals surface area contributed by atoms with Gasteiger partial charge in [-0.2, -0.15) is 0 Å². The standard InChI is InChI=1S/C11H12O.3ClH.Zr/c12-11(9-5-1-2-6-9)10-7-3-4-8-10;;;;/h1-5,7,11-12H,6,8H2;3*1H;/q;;;;+3/p-3. The fourth-order valence-corrected chi connectivity index (χ4v) is 1.57. The van der Waals surface area contributed by atoms with Crippen LogP contribution in [0.1, 0.15) is 12.8 Å². The van der Waals surface area contributed by atoms with E-state index < -0.39 is 0 Å². The van der Waals surface area contributed by atoms with Crippen molar-refractivity contribution in [2.75, 3.05) is 0 Å². The van der Waals surface area contributed by atoms with Crippen molar-refractivity contribution in [2.24, 2.45) is 0 Å². The van der Waals surface area contributed by atoms with Crippen molar-refractivity contribution in [2.45, 2.75) is 18.9 Å². The van der Waals surface area contributed by atoms with Crippen molar-refractivity contribution in [1.29, 1.82) is 0 Å². The molecule has 1 radical (unpaired) electrons. The SMILES string of the molecule is OC(C1=CC=CC1)C1=CC=CC1.[Cl-].[Cl-].[Cl-].[Zr+3]. The summed E-state index contributed by atoms with van der Waals surface area (Å²) in [5, 5.41) is 9.83. The van der Waals surface area contributed by atoms with Crippen molar-refractivity contribution >= 4 is 0 Å². The smallest absolute Gasteiger partial charge is 1.00 e. The zero-order valence-corrected chi connectivity index (χ0v) is 13.3. The predicted molar refractivity (Wildman–Crippen MR) is 49.7 cm³/mol. The van der Waals surface area contributed by atoms with Gasteiger partial charge in [-0.3, -0.25) is 0 Å². The molecule has 2 rings (SSSR count). The monoisotopic (exact) mass is 355 g/mol. The maximum Gasteiger partial charge on any atom is 3.00 e. The van der Waals surface area contributed by atoms with Gasteiger partial charge in [-0.05, 0) is 24.0 Å². The Kier molecular flexibility index (Phi) is 14.8. The van der Waals surface area contributed by atoms with Crippen LogP contribution in [-0.4, -0.2) is 11.2 Å². The molecule has 0 amide bonds. The minimum absolute atomic E-state index is 0. The van der Waals surface area contributed by atoms with E-state index in [2.05, 4.69) is 12.2 Å². The van der Waals surface area contributed by atoms with E-state index in [1.165, 1.54) is 0 Å². The molecule has 2 aliphatic carbocycles. The second-order valence-electron chi connectivity index (χ2n) is 3.15. The molecule has 0 bridgehead atoms. The molecule has 0 atom stereocenters. The Morgan fingerprint density at radius 1 is 0.875 bits per heavy atom. The summed E-state index contributed by atoms with van der Waals surface area (Å²) in [5.41, 5.74) is 2.23. The Labute approximate surface area is 134 Å². The third-order valence-electron chi connectivity index (χ3n) is 2.30. The van der Waals surface area contributed by atoms with Gasteiger partial charge in [-0.15, -0.1) is 0 Å². The fraction of sp³-hybridized carbons (Fsp3) is 0.273. The molecule has 0 heterocycles.